The summed E-state index contributed by atoms with van der Waals surface area (Å²) in [5, 5.41) is 10.9. The Morgan fingerprint density at radius 1 is 1.27 bits per heavy atom. The van der Waals surface area contributed by atoms with Crippen molar-refractivity contribution in [3.63, 3.8) is 0 Å². The van der Waals surface area contributed by atoms with E-state index >= 15 is 0 Å². The maximum Gasteiger partial charge on any atom is 0.273 e. The second-order valence-corrected chi connectivity index (χ2v) is 6.69. The SMILES string of the molecule is CCCCOCCCNS(=O)(=O)c1ccc(C)c([N+](=O)[O-])c1. The zero-order chi connectivity index (χ0) is 16.6. The molecule has 0 amide bonds. The van der Waals surface area contributed by atoms with Crippen LogP contribution in [0.1, 0.15) is 31.7 Å². The van der Waals surface area contributed by atoms with Gasteiger partial charge in [-0.1, -0.05) is 19.4 Å². The second-order valence-electron chi connectivity index (χ2n) is 4.92. The lowest BCUT2D eigenvalue weighted by Gasteiger charge is -2.08. The van der Waals surface area contributed by atoms with E-state index in [4.69, 9.17) is 4.74 Å². The minimum Gasteiger partial charge on any atom is -0.381 e. The van der Waals surface area contributed by atoms with Gasteiger partial charge in [0.05, 0.1) is 9.82 Å². The molecule has 0 unspecified atom stereocenters. The molecule has 0 atom stereocenters. The molecular formula is C14H22N2O5S. The van der Waals surface area contributed by atoms with E-state index in [0.717, 1.165) is 18.9 Å². The number of hydrogen-bond acceptors (Lipinski definition) is 5. The number of hydrogen-bond donors (Lipinski definition) is 1. The van der Waals surface area contributed by atoms with Crippen LogP contribution < -0.4 is 4.72 Å². The first-order valence-corrected chi connectivity index (χ1v) is 8.69. The van der Waals surface area contributed by atoms with Gasteiger partial charge in [0.25, 0.3) is 5.69 Å². The fourth-order valence-corrected chi connectivity index (χ4v) is 2.86. The molecule has 0 saturated heterocycles. The van der Waals surface area contributed by atoms with E-state index < -0.39 is 14.9 Å². The molecule has 0 fully saturated rings. The van der Waals surface area contributed by atoms with Gasteiger partial charge in [-0.2, -0.15) is 0 Å². The van der Waals surface area contributed by atoms with Gasteiger partial charge in [0, 0.05) is 31.4 Å². The highest BCUT2D eigenvalue weighted by atomic mass is 32.2. The van der Waals surface area contributed by atoms with Crippen LogP contribution in [0.2, 0.25) is 0 Å². The molecule has 1 N–H and O–H groups in total. The van der Waals surface area contributed by atoms with Gasteiger partial charge in [-0.15, -0.1) is 0 Å². The molecule has 1 aromatic rings. The van der Waals surface area contributed by atoms with Gasteiger partial charge in [-0.05, 0) is 25.8 Å². The molecule has 0 aliphatic carbocycles. The number of nitro groups is 1. The summed E-state index contributed by atoms with van der Waals surface area (Å²) in [6.07, 6.45) is 2.59. The van der Waals surface area contributed by atoms with Gasteiger partial charge in [0.1, 0.15) is 0 Å². The standard InChI is InChI=1S/C14H22N2O5S/c1-3-4-9-21-10-5-8-15-22(19,20)13-7-6-12(2)14(11-13)16(17)18/h6-7,11,15H,3-5,8-10H2,1-2H3. The van der Waals surface area contributed by atoms with Crippen LogP contribution in [0.15, 0.2) is 23.1 Å². The summed E-state index contributed by atoms with van der Waals surface area (Å²) >= 11 is 0. The number of nitrogens with one attached hydrogen (secondary N) is 1. The fraction of sp³-hybridized carbons (Fsp3) is 0.571. The Morgan fingerprint density at radius 2 is 1.95 bits per heavy atom. The van der Waals surface area contributed by atoms with E-state index in [2.05, 4.69) is 11.6 Å². The Kier molecular flexibility index (Phi) is 7.43. The number of benzene rings is 1. The summed E-state index contributed by atoms with van der Waals surface area (Å²) < 4.78 is 31.9. The topological polar surface area (TPSA) is 98.5 Å². The third-order valence-corrected chi connectivity index (χ3v) is 4.55. The van der Waals surface area contributed by atoms with E-state index in [-0.39, 0.29) is 17.1 Å². The van der Waals surface area contributed by atoms with Crippen molar-refractivity contribution in [2.24, 2.45) is 0 Å². The molecule has 0 heterocycles. The number of ether oxygens (including phenoxy) is 1. The molecule has 0 aromatic heterocycles. The van der Waals surface area contributed by atoms with Crippen LogP contribution in [-0.4, -0.2) is 33.1 Å². The van der Waals surface area contributed by atoms with Crippen LogP contribution in [0.25, 0.3) is 0 Å². The number of sulfonamides is 1. The van der Waals surface area contributed by atoms with Crippen molar-refractivity contribution in [3.05, 3.63) is 33.9 Å². The maximum atomic E-state index is 12.1. The Labute approximate surface area is 130 Å². The normalized spacial score (nSPS) is 11.5. The number of aryl methyl sites for hydroxylation is 1. The lowest BCUT2D eigenvalue weighted by Crippen LogP contribution is -2.25. The highest BCUT2D eigenvalue weighted by Crippen LogP contribution is 2.21. The number of nitro benzene ring substituents is 1. The summed E-state index contributed by atoms with van der Waals surface area (Å²) in [6, 6.07) is 3.87. The first kappa shape index (κ1) is 18.5. The van der Waals surface area contributed by atoms with Gasteiger partial charge >= 0.3 is 0 Å². The molecule has 1 rings (SSSR count). The van der Waals surface area contributed by atoms with E-state index in [0.29, 0.717) is 25.2 Å². The minimum absolute atomic E-state index is 0.100. The summed E-state index contributed by atoms with van der Waals surface area (Å²) in [7, 11) is -3.74. The van der Waals surface area contributed by atoms with Crippen molar-refractivity contribution in [1.82, 2.24) is 4.72 Å². The molecule has 1 aromatic carbocycles. The summed E-state index contributed by atoms with van der Waals surface area (Å²) in [5.74, 6) is 0. The number of rotatable bonds is 10. The molecule has 8 heteroatoms. The molecule has 0 aliphatic heterocycles. The van der Waals surface area contributed by atoms with Crippen molar-refractivity contribution < 1.29 is 18.1 Å². The molecule has 22 heavy (non-hydrogen) atoms. The minimum atomic E-state index is -3.74. The zero-order valence-electron chi connectivity index (χ0n) is 12.9. The maximum absolute atomic E-state index is 12.1. The zero-order valence-corrected chi connectivity index (χ0v) is 13.7. The summed E-state index contributed by atoms with van der Waals surface area (Å²) in [5.41, 5.74) is 0.221. The summed E-state index contributed by atoms with van der Waals surface area (Å²) in [6.45, 7) is 5.02. The lowest BCUT2D eigenvalue weighted by molar-refractivity contribution is -0.385. The van der Waals surface area contributed by atoms with Crippen molar-refractivity contribution in [2.75, 3.05) is 19.8 Å². The molecular weight excluding hydrogens is 308 g/mol. The van der Waals surface area contributed by atoms with Crippen molar-refractivity contribution in [3.8, 4) is 0 Å². The van der Waals surface area contributed by atoms with Gasteiger partial charge in [0.15, 0.2) is 0 Å². The number of unbranched alkanes of at least 4 members (excludes halogenated alkanes) is 1. The highest BCUT2D eigenvalue weighted by Gasteiger charge is 2.19. The average Bonchev–Trinajstić information content (AvgIpc) is 2.46. The number of nitrogens with zero attached hydrogens (tertiary/aromatic N) is 1. The molecule has 0 radical (unpaired) electrons. The highest BCUT2D eigenvalue weighted by molar-refractivity contribution is 7.89. The Bertz CT molecular complexity index is 601. The molecule has 0 bridgehead atoms. The second kappa shape index (κ2) is 8.82. The third-order valence-electron chi connectivity index (χ3n) is 3.09. The summed E-state index contributed by atoms with van der Waals surface area (Å²) in [4.78, 5) is 10.2. The molecule has 0 aliphatic rings. The fourth-order valence-electron chi connectivity index (χ4n) is 1.77. The van der Waals surface area contributed by atoms with Crippen molar-refractivity contribution >= 4 is 15.7 Å². The quantitative estimate of drug-likeness (QED) is 0.403. The van der Waals surface area contributed by atoms with Crippen LogP contribution >= 0.6 is 0 Å². The van der Waals surface area contributed by atoms with Crippen LogP contribution in [0.4, 0.5) is 5.69 Å². The first-order valence-electron chi connectivity index (χ1n) is 7.21. The first-order chi connectivity index (χ1) is 10.4. The molecule has 124 valence electrons. The lowest BCUT2D eigenvalue weighted by atomic mass is 10.2. The van der Waals surface area contributed by atoms with Crippen molar-refractivity contribution in [2.45, 2.75) is 38.0 Å². The average molecular weight is 330 g/mol. The van der Waals surface area contributed by atoms with Gasteiger partial charge in [-0.25, -0.2) is 13.1 Å². The Morgan fingerprint density at radius 3 is 2.59 bits per heavy atom. The predicted octanol–water partition coefficient (Wildman–Crippen LogP) is 2.39. The van der Waals surface area contributed by atoms with Gasteiger partial charge < -0.3 is 4.74 Å². The molecule has 0 spiro atoms. The molecule has 0 saturated carbocycles. The largest absolute Gasteiger partial charge is 0.381 e. The van der Waals surface area contributed by atoms with Crippen molar-refractivity contribution in [1.29, 1.82) is 0 Å². The third kappa shape index (κ3) is 5.70. The van der Waals surface area contributed by atoms with Crippen LogP contribution in [0.5, 0.6) is 0 Å². The Hall–Kier alpha value is -1.51. The Balaban J connectivity index is 2.56. The van der Waals surface area contributed by atoms with E-state index in [1.807, 2.05) is 0 Å². The predicted molar refractivity (Wildman–Crippen MR) is 83.4 cm³/mol. The monoisotopic (exact) mass is 330 g/mol. The van der Waals surface area contributed by atoms with E-state index in [1.54, 1.807) is 6.92 Å². The van der Waals surface area contributed by atoms with Crippen LogP contribution in [0, 0.1) is 17.0 Å². The molecule has 7 nitrogen and oxygen atoms in total. The van der Waals surface area contributed by atoms with E-state index in [9.17, 15) is 18.5 Å². The van der Waals surface area contributed by atoms with Crippen LogP contribution in [-0.2, 0) is 14.8 Å². The van der Waals surface area contributed by atoms with Gasteiger partial charge in [0.2, 0.25) is 10.0 Å². The van der Waals surface area contributed by atoms with E-state index in [1.165, 1.54) is 12.1 Å². The van der Waals surface area contributed by atoms with Crippen LogP contribution in [0.3, 0.4) is 0 Å². The van der Waals surface area contributed by atoms with Gasteiger partial charge in [-0.3, -0.25) is 10.1 Å². The smallest absolute Gasteiger partial charge is 0.273 e.